The zero-order valence-corrected chi connectivity index (χ0v) is 13.3. The molecule has 9 nitrogen and oxygen atoms in total. The second kappa shape index (κ2) is 9.06. The Morgan fingerprint density at radius 1 is 1.16 bits per heavy atom. The molecule has 25 heavy (non-hydrogen) atoms. The molecule has 0 atom stereocenters. The second-order valence-electron chi connectivity index (χ2n) is 4.93. The molecular formula is C16H18N4O5. The maximum atomic E-state index is 11.8. The van der Waals surface area contributed by atoms with Crippen molar-refractivity contribution in [3.05, 3.63) is 42.2 Å². The number of rotatable bonds is 9. The van der Waals surface area contributed by atoms with Crippen LogP contribution >= 0.6 is 0 Å². The molecule has 4 N–H and O–H groups in total. The number of amides is 1. The molecule has 1 aromatic carbocycles. The summed E-state index contributed by atoms with van der Waals surface area (Å²) in [5.41, 5.74) is 0.0496. The van der Waals surface area contributed by atoms with E-state index in [2.05, 4.69) is 20.6 Å². The van der Waals surface area contributed by atoms with Crippen molar-refractivity contribution in [2.75, 3.05) is 25.0 Å². The SMILES string of the molecule is O=C(O)CCNC(=O)c1ccc(OCCNc2ncccn2)cc1O. The van der Waals surface area contributed by atoms with Crippen LogP contribution < -0.4 is 15.4 Å². The molecule has 2 rings (SSSR count). The van der Waals surface area contributed by atoms with Crippen molar-refractivity contribution in [2.24, 2.45) is 0 Å². The van der Waals surface area contributed by atoms with Crippen molar-refractivity contribution in [1.29, 1.82) is 0 Å². The van der Waals surface area contributed by atoms with E-state index >= 15 is 0 Å². The number of carbonyl (C=O) groups is 2. The topological polar surface area (TPSA) is 134 Å². The van der Waals surface area contributed by atoms with Crippen molar-refractivity contribution in [1.82, 2.24) is 15.3 Å². The average Bonchev–Trinajstić information content (AvgIpc) is 2.59. The van der Waals surface area contributed by atoms with Gasteiger partial charge in [-0.15, -0.1) is 0 Å². The Morgan fingerprint density at radius 3 is 2.60 bits per heavy atom. The van der Waals surface area contributed by atoms with Crippen molar-refractivity contribution in [3.63, 3.8) is 0 Å². The molecule has 0 radical (unpaired) electrons. The molecule has 0 unspecified atom stereocenters. The molecular weight excluding hydrogens is 328 g/mol. The van der Waals surface area contributed by atoms with Crippen molar-refractivity contribution >= 4 is 17.8 Å². The van der Waals surface area contributed by atoms with Gasteiger partial charge >= 0.3 is 5.97 Å². The van der Waals surface area contributed by atoms with Crippen LogP contribution in [0.3, 0.4) is 0 Å². The number of nitrogens with zero attached hydrogens (tertiary/aromatic N) is 2. The molecule has 0 aliphatic rings. The Hall–Kier alpha value is -3.36. The fourth-order valence-electron chi connectivity index (χ4n) is 1.89. The van der Waals surface area contributed by atoms with Gasteiger partial charge < -0.3 is 25.6 Å². The lowest BCUT2D eigenvalue weighted by Crippen LogP contribution is -2.26. The molecule has 0 aliphatic heterocycles. The van der Waals surface area contributed by atoms with Gasteiger partial charge in [-0.3, -0.25) is 9.59 Å². The highest BCUT2D eigenvalue weighted by Crippen LogP contribution is 2.23. The predicted molar refractivity (Wildman–Crippen MR) is 88.7 cm³/mol. The van der Waals surface area contributed by atoms with Gasteiger partial charge in [-0.25, -0.2) is 9.97 Å². The van der Waals surface area contributed by atoms with Crippen LogP contribution in [0.15, 0.2) is 36.7 Å². The summed E-state index contributed by atoms with van der Waals surface area (Å²) < 4.78 is 5.47. The van der Waals surface area contributed by atoms with Gasteiger partial charge in [0.1, 0.15) is 18.1 Å². The number of aliphatic carboxylic acids is 1. The molecule has 2 aromatic rings. The fourth-order valence-corrected chi connectivity index (χ4v) is 1.89. The molecule has 0 aliphatic carbocycles. The highest BCUT2D eigenvalue weighted by Gasteiger charge is 2.12. The van der Waals surface area contributed by atoms with Gasteiger partial charge in [-0.2, -0.15) is 0 Å². The van der Waals surface area contributed by atoms with E-state index in [0.29, 0.717) is 24.8 Å². The lowest BCUT2D eigenvalue weighted by Gasteiger charge is -2.10. The lowest BCUT2D eigenvalue weighted by atomic mass is 10.1. The number of phenolic OH excluding ortho intramolecular Hbond substituents is 1. The standard InChI is InChI=1S/C16H18N4O5/c21-13-10-11(25-9-8-20-16-18-5-1-6-19-16)2-3-12(13)15(24)17-7-4-14(22)23/h1-3,5-6,10,21H,4,7-9H2,(H,17,24)(H,22,23)(H,18,19,20). The molecule has 1 aromatic heterocycles. The van der Waals surface area contributed by atoms with Gasteiger partial charge in [-0.1, -0.05) is 0 Å². The number of nitrogens with one attached hydrogen (secondary N) is 2. The first-order valence-electron chi connectivity index (χ1n) is 7.53. The minimum absolute atomic E-state index is 0.0148. The first kappa shape index (κ1) is 18.0. The number of phenols is 1. The highest BCUT2D eigenvalue weighted by atomic mass is 16.5. The van der Waals surface area contributed by atoms with Crippen LogP contribution in [-0.2, 0) is 4.79 Å². The number of carboxylic acid groups (broad SMARTS) is 1. The molecule has 0 bridgehead atoms. The van der Waals surface area contributed by atoms with Gasteiger partial charge in [0, 0.05) is 25.0 Å². The van der Waals surface area contributed by atoms with E-state index in [4.69, 9.17) is 9.84 Å². The fraction of sp³-hybridized carbons (Fsp3) is 0.250. The largest absolute Gasteiger partial charge is 0.507 e. The van der Waals surface area contributed by atoms with E-state index in [1.807, 2.05) is 0 Å². The Kier molecular flexibility index (Phi) is 6.52. The summed E-state index contributed by atoms with van der Waals surface area (Å²) in [4.78, 5) is 30.3. The van der Waals surface area contributed by atoms with Crippen LogP contribution in [0.4, 0.5) is 5.95 Å². The lowest BCUT2D eigenvalue weighted by molar-refractivity contribution is -0.136. The Morgan fingerprint density at radius 2 is 1.92 bits per heavy atom. The third kappa shape index (κ3) is 5.98. The van der Waals surface area contributed by atoms with E-state index in [9.17, 15) is 14.7 Å². The third-order valence-corrected chi connectivity index (χ3v) is 3.06. The molecule has 1 amide bonds. The molecule has 132 valence electrons. The number of anilines is 1. The number of hydrogen-bond acceptors (Lipinski definition) is 7. The minimum Gasteiger partial charge on any atom is -0.507 e. The van der Waals surface area contributed by atoms with Crippen LogP contribution in [0.25, 0.3) is 0 Å². The zero-order valence-electron chi connectivity index (χ0n) is 13.3. The number of benzene rings is 1. The van der Waals surface area contributed by atoms with Gasteiger partial charge in [0.05, 0.1) is 18.5 Å². The van der Waals surface area contributed by atoms with Crippen LogP contribution in [0, 0.1) is 0 Å². The van der Waals surface area contributed by atoms with Gasteiger partial charge in [0.2, 0.25) is 5.95 Å². The third-order valence-electron chi connectivity index (χ3n) is 3.06. The summed E-state index contributed by atoms with van der Waals surface area (Å²) >= 11 is 0. The number of aromatic nitrogens is 2. The zero-order chi connectivity index (χ0) is 18.1. The summed E-state index contributed by atoms with van der Waals surface area (Å²) in [7, 11) is 0. The Labute approximate surface area is 143 Å². The molecule has 0 spiro atoms. The second-order valence-corrected chi connectivity index (χ2v) is 4.93. The van der Waals surface area contributed by atoms with Crippen molar-refractivity contribution in [3.8, 4) is 11.5 Å². The summed E-state index contributed by atoms with van der Waals surface area (Å²) in [6.07, 6.45) is 3.05. The quantitative estimate of drug-likeness (QED) is 0.492. The smallest absolute Gasteiger partial charge is 0.305 e. The van der Waals surface area contributed by atoms with Crippen molar-refractivity contribution < 1.29 is 24.5 Å². The van der Waals surface area contributed by atoms with Crippen molar-refractivity contribution in [2.45, 2.75) is 6.42 Å². The Balaban J connectivity index is 1.80. The normalized spacial score (nSPS) is 10.1. The number of carboxylic acids is 1. The molecule has 9 heteroatoms. The highest BCUT2D eigenvalue weighted by molar-refractivity contribution is 5.97. The monoisotopic (exact) mass is 346 g/mol. The number of hydrogen-bond donors (Lipinski definition) is 4. The molecule has 0 fully saturated rings. The van der Waals surface area contributed by atoms with Gasteiger partial charge in [0.25, 0.3) is 5.91 Å². The van der Waals surface area contributed by atoms with Crippen LogP contribution in [0.1, 0.15) is 16.8 Å². The average molecular weight is 346 g/mol. The maximum absolute atomic E-state index is 11.8. The Bertz CT molecular complexity index is 724. The van der Waals surface area contributed by atoms with Crippen LogP contribution in [0.2, 0.25) is 0 Å². The van der Waals surface area contributed by atoms with E-state index < -0.39 is 11.9 Å². The van der Waals surface area contributed by atoms with E-state index in [-0.39, 0.29) is 24.3 Å². The number of carbonyl (C=O) groups excluding carboxylic acids is 1. The van der Waals surface area contributed by atoms with E-state index in [1.165, 1.54) is 12.1 Å². The maximum Gasteiger partial charge on any atom is 0.305 e. The number of aromatic hydroxyl groups is 1. The summed E-state index contributed by atoms with van der Waals surface area (Å²) in [6, 6.07) is 5.99. The van der Waals surface area contributed by atoms with Gasteiger partial charge in [-0.05, 0) is 18.2 Å². The molecule has 1 heterocycles. The minimum atomic E-state index is -1.01. The first-order valence-corrected chi connectivity index (χ1v) is 7.53. The summed E-state index contributed by atoms with van der Waals surface area (Å²) in [6.45, 7) is 0.753. The van der Waals surface area contributed by atoms with Gasteiger partial charge in [0.15, 0.2) is 0 Å². The first-order chi connectivity index (χ1) is 12.1. The van der Waals surface area contributed by atoms with Crippen LogP contribution in [0.5, 0.6) is 11.5 Å². The van der Waals surface area contributed by atoms with E-state index in [0.717, 1.165) is 0 Å². The summed E-state index contributed by atoms with van der Waals surface area (Å²) in [5.74, 6) is -0.918. The molecule has 0 saturated carbocycles. The summed E-state index contributed by atoms with van der Waals surface area (Å²) in [5, 5.41) is 23.8. The number of ether oxygens (including phenoxy) is 1. The molecule has 0 saturated heterocycles. The van der Waals surface area contributed by atoms with E-state index in [1.54, 1.807) is 24.5 Å². The van der Waals surface area contributed by atoms with Crippen LogP contribution in [-0.4, -0.2) is 51.8 Å². The predicted octanol–water partition coefficient (Wildman–Crippen LogP) is 0.878.